The Morgan fingerprint density at radius 2 is 2.12 bits per heavy atom. The molecule has 16 heavy (non-hydrogen) atoms. The number of nitrogens with zero attached hydrogens (tertiary/aromatic N) is 1. The standard InChI is InChI=1S/C13H21N3/c1-9(2)15-13-7-11(6-10(3)16-13)8-14-12-4-5-12/h6-7,9,12,14H,4-5,8H2,1-3H3,(H,15,16). The minimum Gasteiger partial charge on any atom is -0.368 e. The molecule has 0 aromatic carbocycles. The average Bonchev–Trinajstić information content (AvgIpc) is 2.95. The van der Waals surface area contributed by atoms with Crippen molar-refractivity contribution in [2.24, 2.45) is 0 Å². The Labute approximate surface area is 97.7 Å². The Hall–Kier alpha value is -1.09. The highest BCUT2D eigenvalue weighted by molar-refractivity contribution is 5.40. The third-order valence-electron chi connectivity index (χ3n) is 2.62. The molecular weight excluding hydrogens is 198 g/mol. The van der Waals surface area contributed by atoms with Crippen molar-refractivity contribution in [3.8, 4) is 0 Å². The molecule has 1 aromatic rings. The number of aromatic nitrogens is 1. The highest BCUT2D eigenvalue weighted by Gasteiger charge is 2.20. The number of nitrogens with one attached hydrogen (secondary N) is 2. The lowest BCUT2D eigenvalue weighted by Gasteiger charge is -2.12. The van der Waals surface area contributed by atoms with Crippen molar-refractivity contribution in [1.29, 1.82) is 0 Å². The van der Waals surface area contributed by atoms with E-state index in [4.69, 9.17) is 0 Å². The van der Waals surface area contributed by atoms with Crippen LogP contribution in [0.25, 0.3) is 0 Å². The van der Waals surface area contributed by atoms with Crippen LogP contribution in [-0.4, -0.2) is 17.1 Å². The fourth-order valence-corrected chi connectivity index (χ4v) is 1.76. The Balaban J connectivity index is 2.01. The van der Waals surface area contributed by atoms with Crippen LogP contribution in [0.5, 0.6) is 0 Å². The third kappa shape index (κ3) is 3.49. The highest BCUT2D eigenvalue weighted by atomic mass is 15.0. The summed E-state index contributed by atoms with van der Waals surface area (Å²) in [4.78, 5) is 4.48. The number of anilines is 1. The van der Waals surface area contributed by atoms with Gasteiger partial charge in [-0.15, -0.1) is 0 Å². The number of pyridine rings is 1. The van der Waals surface area contributed by atoms with E-state index in [1.165, 1.54) is 18.4 Å². The van der Waals surface area contributed by atoms with Crippen LogP contribution in [-0.2, 0) is 6.54 Å². The first-order valence-corrected chi connectivity index (χ1v) is 6.11. The fraction of sp³-hybridized carbons (Fsp3) is 0.615. The van der Waals surface area contributed by atoms with Gasteiger partial charge in [0.2, 0.25) is 0 Å². The second-order valence-electron chi connectivity index (χ2n) is 4.96. The summed E-state index contributed by atoms with van der Waals surface area (Å²) in [5.41, 5.74) is 2.40. The molecule has 0 bridgehead atoms. The number of hydrogen-bond acceptors (Lipinski definition) is 3. The molecule has 3 nitrogen and oxygen atoms in total. The summed E-state index contributed by atoms with van der Waals surface area (Å²) in [5.74, 6) is 0.989. The van der Waals surface area contributed by atoms with Gasteiger partial charge in [-0.05, 0) is 51.3 Å². The largest absolute Gasteiger partial charge is 0.368 e. The minimum absolute atomic E-state index is 0.429. The van der Waals surface area contributed by atoms with Crippen LogP contribution in [0.2, 0.25) is 0 Å². The van der Waals surface area contributed by atoms with Crippen LogP contribution in [0, 0.1) is 6.92 Å². The molecule has 1 aliphatic rings. The summed E-state index contributed by atoms with van der Waals surface area (Å²) in [7, 11) is 0. The van der Waals surface area contributed by atoms with E-state index < -0.39 is 0 Å². The normalized spacial score (nSPS) is 15.5. The van der Waals surface area contributed by atoms with Gasteiger partial charge in [0.1, 0.15) is 5.82 Å². The first kappa shape index (κ1) is 11.4. The second kappa shape index (κ2) is 4.83. The molecule has 0 atom stereocenters. The molecule has 2 rings (SSSR count). The zero-order valence-electron chi connectivity index (χ0n) is 10.4. The van der Waals surface area contributed by atoms with E-state index in [0.29, 0.717) is 6.04 Å². The summed E-state index contributed by atoms with van der Waals surface area (Å²) in [6.07, 6.45) is 2.67. The van der Waals surface area contributed by atoms with Gasteiger partial charge in [-0.3, -0.25) is 0 Å². The topological polar surface area (TPSA) is 37.0 Å². The van der Waals surface area contributed by atoms with Crippen LogP contribution >= 0.6 is 0 Å². The van der Waals surface area contributed by atoms with E-state index in [9.17, 15) is 0 Å². The van der Waals surface area contributed by atoms with E-state index in [0.717, 1.165) is 24.1 Å². The van der Waals surface area contributed by atoms with Crippen molar-refractivity contribution in [3.05, 3.63) is 23.4 Å². The predicted octanol–water partition coefficient (Wildman–Crippen LogP) is 2.46. The van der Waals surface area contributed by atoms with Crippen LogP contribution < -0.4 is 10.6 Å². The smallest absolute Gasteiger partial charge is 0.126 e. The molecule has 88 valence electrons. The zero-order chi connectivity index (χ0) is 11.5. The monoisotopic (exact) mass is 219 g/mol. The molecule has 3 heteroatoms. The maximum absolute atomic E-state index is 4.48. The maximum atomic E-state index is 4.48. The van der Waals surface area contributed by atoms with Crippen LogP contribution in [0.4, 0.5) is 5.82 Å². The third-order valence-corrected chi connectivity index (χ3v) is 2.62. The second-order valence-corrected chi connectivity index (χ2v) is 4.96. The minimum atomic E-state index is 0.429. The SMILES string of the molecule is Cc1cc(CNC2CC2)cc(NC(C)C)n1. The van der Waals surface area contributed by atoms with Gasteiger partial charge in [0.15, 0.2) is 0 Å². The summed E-state index contributed by atoms with van der Waals surface area (Å²) < 4.78 is 0. The lowest BCUT2D eigenvalue weighted by Crippen LogP contribution is -2.16. The maximum Gasteiger partial charge on any atom is 0.126 e. The summed E-state index contributed by atoms with van der Waals surface area (Å²) in [6.45, 7) is 7.27. The van der Waals surface area contributed by atoms with E-state index >= 15 is 0 Å². The first-order valence-electron chi connectivity index (χ1n) is 6.11. The number of rotatable bonds is 5. The molecule has 1 aliphatic carbocycles. The molecule has 2 N–H and O–H groups in total. The van der Waals surface area contributed by atoms with E-state index in [-0.39, 0.29) is 0 Å². The predicted molar refractivity (Wildman–Crippen MR) is 67.6 cm³/mol. The molecule has 1 aromatic heterocycles. The molecule has 0 aliphatic heterocycles. The summed E-state index contributed by atoms with van der Waals surface area (Å²) >= 11 is 0. The molecular formula is C13H21N3. The Bertz CT molecular complexity index is 356. The quantitative estimate of drug-likeness (QED) is 0.798. The molecule has 1 fully saturated rings. The van der Waals surface area contributed by atoms with Crippen molar-refractivity contribution in [2.75, 3.05) is 5.32 Å². The van der Waals surface area contributed by atoms with Gasteiger partial charge in [-0.1, -0.05) is 0 Å². The Morgan fingerprint density at radius 3 is 2.75 bits per heavy atom. The summed E-state index contributed by atoms with van der Waals surface area (Å²) in [5, 5.41) is 6.88. The van der Waals surface area contributed by atoms with Gasteiger partial charge >= 0.3 is 0 Å². The number of aryl methyl sites for hydroxylation is 1. The van der Waals surface area contributed by atoms with E-state index in [1.54, 1.807) is 0 Å². The van der Waals surface area contributed by atoms with Gasteiger partial charge in [0, 0.05) is 24.3 Å². The molecule has 0 saturated heterocycles. The average molecular weight is 219 g/mol. The fourth-order valence-electron chi connectivity index (χ4n) is 1.76. The lowest BCUT2D eigenvalue weighted by molar-refractivity contribution is 0.686. The molecule has 0 radical (unpaired) electrons. The van der Waals surface area contributed by atoms with Crippen LogP contribution in [0.15, 0.2) is 12.1 Å². The first-order chi connectivity index (χ1) is 7.63. The van der Waals surface area contributed by atoms with Crippen molar-refractivity contribution in [1.82, 2.24) is 10.3 Å². The van der Waals surface area contributed by atoms with Crippen molar-refractivity contribution >= 4 is 5.82 Å². The van der Waals surface area contributed by atoms with Gasteiger partial charge < -0.3 is 10.6 Å². The highest BCUT2D eigenvalue weighted by Crippen LogP contribution is 2.20. The van der Waals surface area contributed by atoms with Crippen molar-refractivity contribution < 1.29 is 0 Å². The van der Waals surface area contributed by atoms with E-state index in [1.807, 2.05) is 6.92 Å². The molecule has 0 unspecified atom stereocenters. The van der Waals surface area contributed by atoms with Gasteiger partial charge in [0.25, 0.3) is 0 Å². The van der Waals surface area contributed by atoms with Crippen molar-refractivity contribution in [3.63, 3.8) is 0 Å². The summed E-state index contributed by atoms with van der Waals surface area (Å²) in [6, 6.07) is 5.48. The Kier molecular flexibility index (Phi) is 3.44. The zero-order valence-corrected chi connectivity index (χ0v) is 10.4. The Morgan fingerprint density at radius 1 is 1.38 bits per heavy atom. The van der Waals surface area contributed by atoms with E-state index in [2.05, 4.69) is 41.6 Å². The molecule has 0 spiro atoms. The molecule has 1 heterocycles. The van der Waals surface area contributed by atoms with Crippen molar-refractivity contribution in [2.45, 2.75) is 52.2 Å². The molecule has 0 amide bonds. The van der Waals surface area contributed by atoms with Gasteiger partial charge in [-0.2, -0.15) is 0 Å². The number of hydrogen-bond donors (Lipinski definition) is 2. The van der Waals surface area contributed by atoms with Gasteiger partial charge in [-0.25, -0.2) is 4.98 Å². The van der Waals surface area contributed by atoms with Crippen LogP contribution in [0.3, 0.4) is 0 Å². The lowest BCUT2D eigenvalue weighted by atomic mass is 10.2. The van der Waals surface area contributed by atoms with Gasteiger partial charge in [0.05, 0.1) is 0 Å². The van der Waals surface area contributed by atoms with Crippen LogP contribution in [0.1, 0.15) is 37.9 Å². The molecule has 1 saturated carbocycles.